The van der Waals surface area contributed by atoms with Gasteiger partial charge in [0.05, 0.1) is 16.8 Å². The number of anilines is 1. The number of piperazine rings is 1. The summed E-state index contributed by atoms with van der Waals surface area (Å²) in [5.41, 5.74) is 3.79. The largest absolute Gasteiger partial charge is 0.478 e. The standard InChI is InChI=1S/C26H23BrN4O3/c1-29-21-9-8-19(27)15-20(21)23(24(29)17-5-3-2-4-6-17)25(32)31-13-11-30(12-14-31)22-10-7-18(16-28-22)26(33)34/h2-10,15-16H,11-14H2,1H3,(H,33,34). The monoisotopic (exact) mass is 518 g/mol. The number of aromatic nitrogens is 2. The summed E-state index contributed by atoms with van der Waals surface area (Å²) in [5, 5.41) is 10.0. The van der Waals surface area contributed by atoms with Gasteiger partial charge in [-0.2, -0.15) is 0 Å². The minimum Gasteiger partial charge on any atom is -0.478 e. The Balaban J connectivity index is 1.45. The number of carboxylic acids is 1. The van der Waals surface area contributed by atoms with E-state index in [0.717, 1.165) is 32.5 Å². The number of halogens is 1. The van der Waals surface area contributed by atoms with Crippen LogP contribution < -0.4 is 4.90 Å². The second kappa shape index (κ2) is 8.95. The number of hydrogen-bond acceptors (Lipinski definition) is 4. The lowest BCUT2D eigenvalue weighted by molar-refractivity contribution is 0.0694. The van der Waals surface area contributed by atoms with Crippen molar-refractivity contribution in [3.63, 3.8) is 0 Å². The fourth-order valence-corrected chi connectivity index (χ4v) is 4.92. The van der Waals surface area contributed by atoms with Crippen molar-refractivity contribution in [3.05, 3.63) is 82.5 Å². The van der Waals surface area contributed by atoms with E-state index in [4.69, 9.17) is 5.11 Å². The zero-order chi connectivity index (χ0) is 23.8. The molecule has 0 saturated carbocycles. The van der Waals surface area contributed by atoms with Gasteiger partial charge >= 0.3 is 5.97 Å². The van der Waals surface area contributed by atoms with E-state index in [-0.39, 0.29) is 11.5 Å². The summed E-state index contributed by atoms with van der Waals surface area (Å²) < 4.78 is 3.02. The Bertz CT molecular complexity index is 1370. The molecule has 1 N–H and O–H groups in total. The third-order valence-corrected chi connectivity index (χ3v) is 6.80. The molecule has 0 spiro atoms. The Hall–Kier alpha value is -3.65. The maximum Gasteiger partial charge on any atom is 0.337 e. The lowest BCUT2D eigenvalue weighted by atomic mass is 10.0. The highest BCUT2D eigenvalue weighted by molar-refractivity contribution is 9.10. The molecule has 2 aromatic heterocycles. The molecule has 1 aliphatic heterocycles. The average Bonchev–Trinajstić information content (AvgIpc) is 3.15. The molecule has 0 aliphatic carbocycles. The molecule has 0 atom stereocenters. The summed E-state index contributed by atoms with van der Waals surface area (Å²) in [7, 11) is 2.00. The maximum atomic E-state index is 13.9. The number of carboxylic acid groups (broad SMARTS) is 1. The van der Waals surface area contributed by atoms with E-state index in [0.29, 0.717) is 31.7 Å². The zero-order valence-corrected chi connectivity index (χ0v) is 20.2. The van der Waals surface area contributed by atoms with Crippen molar-refractivity contribution >= 4 is 44.5 Å². The molecule has 1 fully saturated rings. The van der Waals surface area contributed by atoms with Crippen LogP contribution in [0.2, 0.25) is 0 Å². The molecule has 5 rings (SSSR count). The first-order chi connectivity index (χ1) is 16.4. The van der Waals surface area contributed by atoms with Crippen molar-refractivity contribution in [1.82, 2.24) is 14.5 Å². The fourth-order valence-electron chi connectivity index (χ4n) is 4.56. The van der Waals surface area contributed by atoms with Crippen LogP contribution in [0.5, 0.6) is 0 Å². The predicted octanol–water partition coefficient (Wildman–Crippen LogP) is 4.66. The minimum absolute atomic E-state index is 0.0105. The van der Waals surface area contributed by atoms with Crippen molar-refractivity contribution in [3.8, 4) is 11.3 Å². The van der Waals surface area contributed by atoms with Gasteiger partial charge in [0.25, 0.3) is 5.91 Å². The number of amides is 1. The summed E-state index contributed by atoms with van der Waals surface area (Å²) in [6.45, 7) is 2.36. The zero-order valence-electron chi connectivity index (χ0n) is 18.6. The molecule has 8 heteroatoms. The van der Waals surface area contributed by atoms with Gasteiger partial charge in [0.15, 0.2) is 0 Å². The molecule has 1 saturated heterocycles. The molecule has 0 radical (unpaired) electrons. The van der Waals surface area contributed by atoms with Gasteiger partial charge in [-0.05, 0) is 35.9 Å². The molecule has 0 bridgehead atoms. The highest BCUT2D eigenvalue weighted by Crippen LogP contribution is 2.35. The molecule has 0 unspecified atom stereocenters. The fraction of sp³-hybridized carbons (Fsp3) is 0.192. The maximum absolute atomic E-state index is 13.9. The van der Waals surface area contributed by atoms with E-state index in [1.165, 1.54) is 6.20 Å². The Kier molecular flexibility index (Phi) is 5.83. The van der Waals surface area contributed by atoms with Crippen LogP contribution in [0.4, 0.5) is 5.82 Å². The van der Waals surface area contributed by atoms with Crippen molar-refractivity contribution in [2.45, 2.75) is 0 Å². The molecule has 3 heterocycles. The second-order valence-electron chi connectivity index (χ2n) is 8.30. The number of carbonyl (C=O) groups is 2. The third kappa shape index (κ3) is 3.94. The summed E-state index contributed by atoms with van der Waals surface area (Å²) in [6.07, 6.45) is 1.37. The van der Waals surface area contributed by atoms with Crippen molar-refractivity contribution in [2.24, 2.45) is 7.05 Å². The van der Waals surface area contributed by atoms with Gasteiger partial charge in [-0.25, -0.2) is 9.78 Å². The second-order valence-corrected chi connectivity index (χ2v) is 9.22. The number of carbonyl (C=O) groups excluding carboxylic acids is 1. The Morgan fingerprint density at radius 2 is 1.71 bits per heavy atom. The van der Waals surface area contributed by atoms with Gasteiger partial charge in [-0.3, -0.25) is 4.79 Å². The predicted molar refractivity (Wildman–Crippen MR) is 135 cm³/mol. The van der Waals surface area contributed by atoms with Gasteiger partial charge in [0.2, 0.25) is 0 Å². The lowest BCUT2D eigenvalue weighted by Gasteiger charge is -2.35. The first-order valence-corrected chi connectivity index (χ1v) is 11.8. The molecule has 2 aromatic carbocycles. The normalized spacial score (nSPS) is 13.9. The number of benzene rings is 2. The number of nitrogens with zero attached hydrogens (tertiary/aromatic N) is 4. The van der Waals surface area contributed by atoms with Crippen LogP contribution in [0.15, 0.2) is 71.3 Å². The third-order valence-electron chi connectivity index (χ3n) is 6.31. The molecule has 34 heavy (non-hydrogen) atoms. The first kappa shape index (κ1) is 22.2. The topological polar surface area (TPSA) is 78.7 Å². The van der Waals surface area contributed by atoms with E-state index in [9.17, 15) is 9.59 Å². The summed E-state index contributed by atoms with van der Waals surface area (Å²) in [4.78, 5) is 33.2. The number of pyridine rings is 1. The van der Waals surface area contributed by atoms with E-state index in [2.05, 4.69) is 30.4 Å². The number of aryl methyl sites for hydroxylation is 1. The van der Waals surface area contributed by atoms with E-state index >= 15 is 0 Å². The van der Waals surface area contributed by atoms with Crippen molar-refractivity contribution in [2.75, 3.05) is 31.1 Å². The number of hydrogen-bond donors (Lipinski definition) is 1. The molecule has 4 aromatic rings. The quantitative estimate of drug-likeness (QED) is 0.424. The first-order valence-electron chi connectivity index (χ1n) is 11.0. The van der Waals surface area contributed by atoms with Crippen LogP contribution in [0, 0.1) is 0 Å². The van der Waals surface area contributed by atoms with Gasteiger partial charge < -0.3 is 19.5 Å². The van der Waals surface area contributed by atoms with Crippen LogP contribution >= 0.6 is 15.9 Å². The van der Waals surface area contributed by atoms with Crippen molar-refractivity contribution < 1.29 is 14.7 Å². The molecule has 7 nitrogen and oxygen atoms in total. The highest BCUT2D eigenvalue weighted by Gasteiger charge is 2.29. The van der Waals surface area contributed by atoms with Crippen LogP contribution in [0.1, 0.15) is 20.7 Å². The van der Waals surface area contributed by atoms with Gasteiger partial charge in [-0.15, -0.1) is 0 Å². The van der Waals surface area contributed by atoms with Crippen LogP contribution in [-0.2, 0) is 7.05 Å². The van der Waals surface area contributed by atoms with Crippen LogP contribution in [0.25, 0.3) is 22.2 Å². The average molecular weight is 519 g/mol. The molecule has 1 amide bonds. The highest BCUT2D eigenvalue weighted by atomic mass is 79.9. The molecular weight excluding hydrogens is 496 g/mol. The molecular formula is C26H23BrN4O3. The molecule has 1 aliphatic rings. The Morgan fingerprint density at radius 3 is 2.35 bits per heavy atom. The summed E-state index contributed by atoms with van der Waals surface area (Å²) in [5.74, 6) is -0.266. The van der Waals surface area contributed by atoms with E-state index in [1.807, 2.05) is 60.5 Å². The number of aromatic carboxylic acids is 1. The molecule has 172 valence electrons. The van der Waals surface area contributed by atoms with E-state index < -0.39 is 5.97 Å². The summed E-state index contributed by atoms with van der Waals surface area (Å²) >= 11 is 3.56. The number of fused-ring (bicyclic) bond motifs is 1. The van der Waals surface area contributed by atoms with E-state index in [1.54, 1.807) is 12.1 Å². The van der Waals surface area contributed by atoms with Gasteiger partial charge in [0.1, 0.15) is 5.82 Å². The summed E-state index contributed by atoms with van der Waals surface area (Å²) in [6, 6.07) is 19.3. The Morgan fingerprint density at radius 1 is 0.971 bits per heavy atom. The lowest BCUT2D eigenvalue weighted by Crippen LogP contribution is -2.49. The van der Waals surface area contributed by atoms with Crippen LogP contribution in [-0.4, -0.2) is 57.6 Å². The van der Waals surface area contributed by atoms with Gasteiger partial charge in [0, 0.05) is 54.8 Å². The van der Waals surface area contributed by atoms with Crippen LogP contribution in [0.3, 0.4) is 0 Å². The van der Waals surface area contributed by atoms with Crippen molar-refractivity contribution in [1.29, 1.82) is 0 Å². The van der Waals surface area contributed by atoms with Gasteiger partial charge in [-0.1, -0.05) is 46.3 Å². The smallest absolute Gasteiger partial charge is 0.337 e. The minimum atomic E-state index is -0.995. The number of rotatable bonds is 4. The Labute approximate surface area is 205 Å². The SMILES string of the molecule is Cn1c(-c2ccccc2)c(C(=O)N2CCN(c3ccc(C(=O)O)cn3)CC2)c2cc(Br)ccc21.